The Balaban J connectivity index is 2.30. The van der Waals surface area contributed by atoms with Crippen molar-refractivity contribution in [3.8, 4) is 0 Å². The van der Waals surface area contributed by atoms with E-state index in [2.05, 4.69) is 19.6 Å². The van der Waals surface area contributed by atoms with Crippen LogP contribution in [0.1, 0.15) is 38.8 Å². The van der Waals surface area contributed by atoms with Gasteiger partial charge in [-0.1, -0.05) is 36.1 Å². The molecule has 0 aromatic heterocycles. The van der Waals surface area contributed by atoms with Gasteiger partial charge in [-0.25, -0.2) is 4.39 Å². The van der Waals surface area contributed by atoms with Crippen LogP contribution in [0, 0.1) is 5.82 Å². The lowest BCUT2D eigenvalue weighted by Gasteiger charge is -2.50. The number of ether oxygens (including phenoxy) is 3. The van der Waals surface area contributed by atoms with Crippen LogP contribution in [0.25, 0.3) is 0 Å². The molecule has 1 aromatic rings. The van der Waals surface area contributed by atoms with Crippen molar-refractivity contribution in [3.05, 3.63) is 35.1 Å². The van der Waals surface area contributed by atoms with Gasteiger partial charge in [0.25, 0.3) is 0 Å². The summed E-state index contributed by atoms with van der Waals surface area (Å²) in [5, 5.41) is 0. The molecule has 1 aromatic carbocycles. The molecule has 1 fully saturated rings. The SMILES string of the molecule is CCOC(=O)Cc1ccc(C2(N(COCC[Si](C)(C)C)[S+]([O-])C(C)(C)C)COC2)c(F)c1. The number of carbonyl (C=O) groups excluding carboxylic acids is 1. The largest absolute Gasteiger partial charge is 0.597 e. The van der Waals surface area contributed by atoms with E-state index in [0.717, 1.165) is 6.04 Å². The molecule has 32 heavy (non-hydrogen) atoms. The zero-order chi connectivity index (χ0) is 24.2. The summed E-state index contributed by atoms with van der Waals surface area (Å²) in [6, 6.07) is 5.74. The van der Waals surface area contributed by atoms with E-state index in [0.29, 0.717) is 17.7 Å². The highest BCUT2D eigenvalue weighted by atomic mass is 32.2. The Labute approximate surface area is 196 Å². The van der Waals surface area contributed by atoms with Gasteiger partial charge in [-0.3, -0.25) is 4.79 Å². The third-order valence-electron chi connectivity index (χ3n) is 5.28. The number of rotatable bonds is 11. The van der Waals surface area contributed by atoms with Gasteiger partial charge in [0.2, 0.25) is 0 Å². The van der Waals surface area contributed by atoms with Gasteiger partial charge >= 0.3 is 5.97 Å². The molecule has 9 heteroatoms. The van der Waals surface area contributed by atoms with Crippen molar-refractivity contribution in [3.63, 3.8) is 0 Å². The molecule has 1 atom stereocenters. The number of nitrogens with zero attached hydrogens (tertiary/aromatic N) is 1. The van der Waals surface area contributed by atoms with Crippen LogP contribution in [0.3, 0.4) is 0 Å². The molecular weight excluding hydrogens is 449 g/mol. The Morgan fingerprint density at radius 1 is 1.31 bits per heavy atom. The van der Waals surface area contributed by atoms with Crippen LogP contribution in [0.5, 0.6) is 0 Å². The van der Waals surface area contributed by atoms with Gasteiger partial charge in [0.1, 0.15) is 22.8 Å². The van der Waals surface area contributed by atoms with Crippen molar-refractivity contribution in [2.45, 2.75) is 70.1 Å². The van der Waals surface area contributed by atoms with Crippen molar-refractivity contribution in [1.82, 2.24) is 4.31 Å². The summed E-state index contributed by atoms with van der Waals surface area (Å²) >= 11 is -1.44. The van der Waals surface area contributed by atoms with Crippen LogP contribution in [-0.2, 0) is 42.3 Å². The first-order valence-electron chi connectivity index (χ1n) is 11.1. The number of hydrogen-bond donors (Lipinski definition) is 0. The molecule has 0 amide bonds. The molecule has 1 heterocycles. The third kappa shape index (κ3) is 7.01. The highest BCUT2D eigenvalue weighted by molar-refractivity contribution is 7.90. The Kier molecular flexibility index (Phi) is 9.35. The lowest BCUT2D eigenvalue weighted by atomic mass is 9.86. The van der Waals surface area contributed by atoms with Gasteiger partial charge in [-0.15, -0.1) is 0 Å². The zero-order valence-corrected chi connectivity index (χ0v) is 22.3. The summed E-state index contributed by atoms with van der Waals surface area (Å²) in [5.41, 5.74) is 0.0573. The van der Waals surface area contributed by atoms with E-state index >= 15 is 4.39 Å². The monoisotopic (exact) mass is 487 g/mol. The minimum absolute atomic E-state index is 0.00593. The van der Waals surface area contributed by atoms with Crippen molar-refractivity contribution >= 4 is 25.4 Å². The third-order valence-corrected chi connectivity index (χ3v) is 8.88. The summed E-state index contributed by atoms with van der Waals surface area (Å²) in [7, 11) is -1.27. The predicted molar refractivity (Wildman–Crippen MR) is 128 cm³/mol. The fourth-order valence-corrected chi connectivity index (χ4v) is 5.45. The highest BCUT2D eigenvalue weighted by Gasteiger charge is 2.55. The van der Waals surface area contributed by atoms with Crippen molar-refractivity contribution < 1.29 is 27.9 Å². The van der Waals surface area contributed by atoms with Crippen LogP contribution in [0.2, 0.25) is 25.7 Å². The van der Waals surface area contributed by atoms with Crippen molar-refractivity contribution in [2.24, 2.45) is 0 Å². The summed E-state index contributed by atoms with van der Waals surface area (Å²) in [4.78, 5) is 11.8. The van der Waals surface area contributed by atoms with E-state index in [1.54, 1.807) is 23.4 Å². The van der Waals surface area contributed by atoms with Gasteiger partial charge in [0.15, 0.2) is 0 Å². The lowest BCUT2D eigenvalue weighted by Crippen LogP contribution is -2.64. The van der Waals surface area contributed by atoms with Crippen molar-refractivity contribution in [2.75, 3.05) is 33.2 Å². The molecule has 0 radical (unpaired) electrons. The molecule has 0 bridgehead atoms. The summed E-state index contributed by atoms with van der Waals surface area (Å²) < 4.78 is 46.4. The quantitative estimate of drug-likeness (QED) is 0.153. The molecule has 1 saturated heterocycles. The average molecular weight is 488 g/mol. The van der Waals surface area contributed by atoms with Crippen LogP contribution in [-0.4, -0.2) is 60.8 Å². The van der Waals surface area contributed by atoms with E-state index in [-0.39, 0.29) is 33.0 Å². The molecular formula is C23H38FNO5SSi. The number of halogens is 1. The summed E-state index contributed by atoms with van der Waals surface area (Å²) in [6.07, 6.45) is 0.00593. The maximum Gasteiger partial charge on any atom is 0.310 e. The molecule has 182 valence electrons. The molecule has 0 saturated carbocycles. The molecule has 1 unspecified atom stereocenters. The predicted octanol–water partition coefficient (Wildman–Crippen LogP) is 4.23. The summed E-state index contributed by atoms with van der Waals surface area (Å²) in [5.74, 6) is -0.847. The molecule has 6 nitrogen and oxygen atoms in total. The van der Waals surface area contributed by atoms with Gasteiger partial charge in [-0.05, 0) is 45.4 Å². The van der Waals surface area contributed by atoms with Crippen LogP contribution < -0.4 is 0 Å². The molecule has 0 spiro atoms. The van der Waals surface area contributed by atoms with Crippen LogP contribution >= 0.6 is 0 Å². The molecule has 2 rings (SSSR count). The smallest absolute Gasteiger partial charge is 0.310 e. The number of benzene rings is 1. The fourth-order valence-electron chi connectivity index (χ4n) is 3.34. The summed E-state index contributed by atoms with van der Waals surface area (Å²) in [6.45, 7) is 15.7. The van der Waals surface area contributed by atoms with Gasteiger partial charge in [0.05, 0.1) is 26.2 Å². The molecule has 0 N–H and O–H groups in total. The van der Waals surface area contributed by atoms with Gasteiger partial charge < -0.3 is 18.8 Å². The highest BCUT2D eigenvalue weighted by Crippen LogP contribution is 2.42. The van der Waals surface area contributed by atoms with Gasteiger partial charge in [-0.2, -0.15) is 0 Å². The second-order valence-corrected chi connectivity index (χ2v) is 18.2. The first kappa shape index (κ1) is 27.3. The lowest BCUT2D eigenvalue weighted by molar-refractivity contribution is -0.142. The van der Waals surface area contributed by atoms with E-state index in [1.165, 1.54) is 6.07 Å². The average Bonchev–Trinajstić information content (AvgIpc) is 2.62. The minimum Gasteiger partial charge on any atom is -0.597 e. The van der Waals surface area contributed by atoms with E-state index < -0.39 is 41.5 Å². The fraction of sp³-hybridized carbons (Fsp3) is 0.696. The Hall–Kier alpha value is -0.973. The van der Waals surface area contributed by atoms with Gasteiger partial charge in [0, 0.05) is 31.6 Å². The Morgan fingerprint density at radius 3 is 2.44 bits per heavy atom. The van der Waals surface area contributed by atoms with Crippen LogP contribution in [0.4, 0.5) is 4.39 Å². The van der Waals surface area contributed by atoms with Crippen molar-refractivity contribution in [1.29, 1.82) is 0 Å². The first-order chi connectivity index (χ1) is 14.8. The topological polar surface area (TPSA) is 71.1 Å². The maximum atomic E-state index is 15.3. The van der Waals surface area contributed by atoms with E-state index in [1.807, 2.05) is 20.8 Å². The second-order valence-electron chi connectivity index (χ2n) is 10.4. The first-order valence-corrected chi connectivity index (χ1v) is 15.9. The normalized spacial score (nSPS) is 17.2. The molecule has 0 aliphatic carbocycles. The Bertz CT molecular complexity index is 777. The zero-order valence-electron chi connectivity index (χ0n) is 20.5. The van der Waals surface area contributed by atoms with Crippen LogP contribution in [0.15, 0.2) is 18.2 Å². The standard InChI is InChI=1S/C23H38FNO5SSi/c1-8-30-21(26)14-18-9-10-19(20(24)13-18)23(15-29-16-23)25(31(27)22(2,3)4)17-28-11-12-32(5,6)7/h9-10,13H,8,11-12,14-17H2,1-7H3. The minimum atomic E-state index is -1.44. The number of hydrogen-bond acceptors (Lipinski definition) is 6. The number of carbonyl (C=O) groups is 1. The molecule has 1 aliphatic heterocycles. The molecule has 1 aliphatic rings. The maximum absolute atomic E-state index is 15.3. The van der Waals surface area contributed by atoms with E-state index in [4.69, 9.17) is 14.2 Å². The Morgan fingerprint density at radius 2 is 1.97 bits per heavy atom. The second kappa shape index (κ2) is 11.0. The number of esters is 1. The van der Waals surface area contributed by atoms with E-state index in [9.17, 15) is 9.35 Å².